The van der Waals surface area contributed by atoms with Crippen molar-refractivity contribution in [2.24, 2.45) is 0 Å². The van der Waals surface area contributed by atoms with Gasteiger partial charge in [0.1, 0.15) is 6.61 Å². The number of thioether (sulfide) groups is 1. The molecular formula is C13H15NO2S2. The summed E-state index contributed by atoms with van der Waals surface area (Å²) in [5.74, 6) is 7.65. The Labute approximate surface area is 115 Å². The third-order valence-electron chi connectivity index (χ3n) is 2.91. The average molecular weight is 281 g/mol. The Hall–Kier alpha value is -0.960. The number of thiophene rings is 1. The van der Waals surface area contributed by atoms with Gasteiger partial charge in [-0.05, 0) is 18.2 Å². The molecule has 1 aliphatic heterocycles. The fraction of sp³-hybridized carbons (Fsp3) is 0.462. The Balaban J connectivity index is 2.06. The van der Waals surface area contributed by atoms with E-state index in [0.717, 1.165) is 22.8 Å². The number of aliphatic hydroxyl groups excluding tert-OH is 1. The van der Waals surface area contributed by atoms with Gasteiger partial charge in [-0.15, -0.1) is 11.3 Å². The second kappa shape index (κ2) is 6.28. The number of aliphatic hydroxyl groups is 1. The summed E-state index contributed by atoms with van der Waals surface area (Å²) in [5, 5.41) is 10.5. The monoisotopic (exact) mass is 281 g/mol. The highest BCUT2D eigenvalue weighted by molar-refractivity contribution is 7.99. The van der Waals surface area contributed by atoms with Crippen LogP contribution < -0.4 is 0 Å². The maximum absolute atomic E-state index is 12.2. The fourth-order valence-corrected chi connectivity index (χ4v) is 3.85. The SMILES string of the molecule is CN(C(=O)c1csc(C#CCO)c1)C1CCSC1. The van der Waals surface area contributed by atoms with E-state index in [0.29, 0.717) is 11.6 Å². The van der Waals surface area contributed by atoms with Crippen molar-refractivity contribution in [2.45, 2.75) is 12.5 Å². The Morgan fingerprint density at radius 1 is 1.67 bits per heavy atom. The molecule has 1 aromatic heterocycles. The van der Waals surface area contributed by atoms with Crippen molar-refractivity contribution >= 4 is 29.0 Å². The molecule has 0 spiro atoms. The molecule has 0 radical (unpaired) electrons. The number of carbonyl (C=O) groups is 1. The lowest BCUT2D eigenvalue weighted by Gasteiger charge is -2.23. The molecule has 3 nitrogen and oxygen atoms in total. The second-order valence-corrected chi connectivity index (χ2v) is 6.15. The summed E-state index contributed by atoms with van der Waals surface area (Å²) in [6.45, 7) is -0.152. The summed E-state index contributed by atoms with van der Waals surface area (Å²) in [6, 6.07) is 2.16. The number of carbonyl (C=O) groups excluding carboxylic acids is 1. The molecule has 1 atom stereocenters. The van der Waals surface area contributed by atoms with Gasteiger partial charge in [0.2, 0.25) is 0 Å². The molecule has 2 rings (SSSR count). The van der Waals surface area contributed by atoms with Crippen LogP contribution in [0.5, 0.6) is 0 Å². The van der Waals surface area contributed by atoms with Gasteiger partial charge in [0.05, 0.1) is 10.4 Å². The number of hydrogen-bond acceptors (Lipinski definition) is 4. The van der Waals surface area contributed by atoms with Crippen LogP contribution in [0.15, 0.2) is 11.4 Å². The highest BCUT2D eigenvalue weighted by Gasteiger charge is 2.24. The molecule has 1 saturated heterocycles. The molecule has 1 unspecified atom stereocenters. The van der Waals surface area contributed by atoms with Crippen LogP contribution in [0.4, 0.5) is 0 Å². The first-order valence-electron chi connectivity index (χ1n) is 5.75. The number of rotatable bonds is 2. The van der Waals surface area contributed by atoms with E-state index in [4.69, 9.17) is 5.11 Å². The van der Waals surface area contributed by atoms with E-state index in [1.54, 1.807) is 6.07 Å². The molecule has 0 saturated carbocycles. The van der Waals surface area contributed by atoms with Crippen molar-refractivity contribution in [2.75, 3.05) is 25.2 Å². The maximum Gasteiger partial charge on any atom is 0.254 e. The number of nitrogens with zero attached hydrogens (tertiary/aromatic N) is 1. The third-order valence-corrected chi connectivity index (χ3v) is 4.90. The van der Waals surface area contributed by atoms with Gasteiger partial charge in [-0.1, -0.05) is 11.8 Å². The van der Waals surface area contributed by atoms with Crippen LogP contribution >= 0.6 is 23.1 Å². The number of hydrogen-bond donors (Lipinski definition) is 1. The first kappa shape index (κ1) is 13.5. The third kappa shape index (κ3) is 3.08. The molecule has 0 aromatic carbocycles. The molecular weight excluding hydrogens is 266 g/mol. The standard InChI is InChI=1S/C13H15NO2S2/c1-14(11-4-6-17-9-11)13(16)10-7-12(18-8-10)3-2-5-15/h7-8,11,15H,4-6,9H2,1H3. The first-order chi connectivity index (χ1) is 8.72. The van der Waals surface area contributed by atoms with Crippen LogP contribution in [-0.2, 0) is 0 Å². The predicted molar refractivity (Wildman–Crippen MR) is 76.1 cm³/mol. The molecule has 1 amide bonds. The van der Waals surface area contributed by atoms with Gasteiger partial charge in [-0.2, -0.15) is 11.8 Å². The molecule has 1 N–H and O–H groups in total. The Morgan fingerprint density at radius 2 is 2.50 bits per heavy atom. The second-order valence-electron chi connectivity index (χ2n) is 4.09. The minimum atomic E-state index is -0.152. The fourth-order valence-electron chi connectivity index (χ4n) is 1.84. The summed E-state index contributed by atoms with van der Waals surface area (Å²) in [7, 11) is 1.87. The van der Waals surface area contributed by atoms with Gasteiger partial charge in [-0.25, -0.2) is 0 Å². The van der Waals surface area contributed by atoms with E-state index in [1.807, 2.05) is 29.1 Å². The molecule has 1 aromatic rings. The lowest BCUT2D eigenvalue weighted by molar-refractivity contribution is 0.0748. The normalized spacial score (nSPS) is 18.2. The molecule has 2 heterocycles. The highest BCUT2D eigenvalue weighted by atomic mass is 32.2. The smallest absolute Gasteiger partial charge is 0.254 e. The molecule has 0 aliphatic carbocycles. The summed E-state index contributed by atoms with van der Waals surface area (Å²) in [4.78, 5) is 14.9. The van der Waals surface area contributed by atoms with Gasteiger partial charge in [0, 0.05) is 24.2 Å². The highest BCUT2D eigenvalue weighted by Crippen LogP contribution is 2.23. The van der Waals surface area contributed by atoms with E-state index in [2.05, 4.69) is 11.8 Å². The quantitative estimate of drug-likeness (QED) is 0.838. The Morgan fingerprint density at radius 3 is 3.17 bits per heavy atom. The van der Waals surface area contributed by atoms with Crippen LogP contribution in [0, 0.1) is 11.8 Å². The Kier molecular flexibility index (Phi) is 4.70. The zero-order valence-electron chi connectivity index (χ0n) is 10.2. The summed E-state index contributed by atoms with van der Waals surface area (Å²) >= 11 is 3.34. The van der Waals surface area contributed by atoms with E-state index in [9.17, 15) is 4.79 Å². The molecule has 1 aliphatic rings. The van der Waals surface area contributed by atoms with Gasteiger partial charge in [0.25, 0.3) is 5.91 Å². The molecule has 96 valence electrons. The minimum Gasteiger partial charge on any atom is -0.384 e. The van der Waals surface area contributed by atoms with E-state index in [1.165, 1.54) is 11.3 Å². The zero-order chi connectivity index (χ0) is 13.0. The van der Waals surface area contributed by atoms with Crippen LogP contribution in [0.3, 0.4) is 0 Å². The van der Waals surface area contributed by atoms with Crippen LogP contribution in [-0.4, -0.2) is 47.1 Å². The van der Waals surface area contributed by atoms with Crippen molar-refractivity contribution in [3.8, 4) is 11.8 Å². The van der Waals surface area contributed by atoms with Gasteiger partial charge in [-0.3, -0.25) is 4.79 Å². The molecule has 1 fully saturated rings. The van der Waals surface area contributed by atoms with E-state index < -0.39 is 0 Å². The van der Waals surface area contributed by atoms with E-state index in [-0.39, 0.29) is 12.5 Å². The summed E-state index contributed by atoms with van der Waals surface area (Å²) in [6.07, 6.45) is 1.08. The van der Waals surface area contributed by atoms with Gasteiger partial charge in [0.15, 0.2) is 0 Å². The average Bonchev–Trinajstić information content (AvgIpc) is 3.05. The predicted octanol–water partition coefficient (Wildman–Crippen LogP) is 1.67. The van der Waals surface area contributed by atoms with Crippen LogP contribution in [0.2, 0.25) is 0 Å². The minimum absolute atomic E-state index is 0.0656. The van der Waals surface area contributed by atoms with Crippen molar-refractivity contribution in [1.29, 1.82) is 0 Å². The summed E-state index contributed by atoms with van der Waals surface area (Å²) < 4.78 is 0. The maximum atomic E-state index is 12.2. The van der Waals surface area contributed by atoms with E-state index >= 15 is 0 Å². The van der Waals surface area contributed by atoms with Crippen molar-refractivity contribution < 1.29 is 9.90 Å². The topological polar surface area (TPSA) is 40.5 Å². The lowest BCUT2D eigenvalue weighted by Crippen LogP contribution is -2.36. The largest absolute Gasteiger partial charge is 0.384 e. The molecule has 5 heteroatoms. The van der Waals surface area contributed by atoms with Crippen molar-refractivity contribution in [3.05, 3.63) is 21.9 Å². The molecule has 18 heavy (non-hydrogen) atoms. The Bertz CT molecular complexity index is 481. The van der Waals surface area contributed by atoms with Gasteiger partial charge < -0.3 is 10.0 Å². The van der Waals surface area contributed by atoms with Crippen LogP contribution in [0.25, 0.3) is 0 Å². The van der Waals surface area contributed by atoms with Gasteiger partial charge >= 0.3 is 0 Å². The summed E-state index contributed by atoms with van der Waals surface area (Å²) in [5.41, 5.74) is 0.696. The van der Waals surface area contributed by atoms with Crippen LogP contribution in [0.1, 0.15) is 21.7 Å². The van der Waals surface area contributed by atoms with Crippen molar-refractivity contribution in [3.63, 3.8) is 0 Å². The zero-order valence-corrected chi connectivity index (χ0v) is 11.8. The first-order valence-corrected chi connectivity index (χ1v) is 7.79. The lowest BCUT2D eigenvalue weighted by atomic mass is 10.2. The molecule has 0 bridgehead atoms. The van der Waals surface area contributed by atoms with Crippen molar-refractivity contribution in [1.82, 2.24) is 4.90 Å². The number of amides is 1.